The monoisotopic (exact) mass is 662 g/mol. The normalized spacial score (nSPS) is 19.8. The van der Waals surface area contributed by atoms with Gasteiger partial charge in [-0.05, 0) is 52.6 Å². The topological polar surface area (TPSA) is 88.1 Å². The molecule has 1 saturated heterocycles. The molecule has 248 valence electrons. The summed E-state index contributed by atoms with van der Waals surface area (Å²) in [6, 6.07) is 42.7. The van der Waals surface area contributed by atoms with E-state index in [9.17, 15) is 13.5 Å². The Morgan fingerprint density at radius 3 is 2.04 bits per heavy atom. The number of aliphatic hydroxyl groups excluding tert-OH is 1. The van der Waals surface area contributed by atoms with E-state index in [-0.39, 0.29) is 36.2 Å². The highest BCUT2D eigenvalue weighted by Crippen LogP contribution is 2.42. The SMILES string of the molecule is CC1C(CN(C)Cc2ccccc2)OC(c2ccc(-c3ccccc3CNS(=O)(=O)c3ccccc3)cc2)OC1c1ccc(CO)cc1. The molecule has 5 aromatic carbocycles. The maximum absolute atomic E-state index is 12.9. The van der Waals surface area contributed by atoms with Crippen molar-refractivity contribution in [3.05, 3.63) is 161 Å². The van der Waals surface area contributed by atoms with Crippen LogP contribution in [-0.4, -0.2) is 38.1 Å². The number of benzene rings is 5. The maximum Gasteiger partial charge on any atom is 0.240 e. The van der Waals surface area contributed by atoms with E-state index in [1.807, 2.05) is 78.9 Å². The van der Waals surface area contributed by atoms with Crippen LogP contribution in [0.15, 0.2) is 138 Å². The van der Waals surface area contributed by atoms with Crippen molar-refractivity contribution in [1.82, 2.24) is 9.62 Å². The van der Waals surface area contributed by atoms with Crippen LogP contribution in [0.3, 0.4) is 0 Å². The molecule has 0 saturated carbocycles. The molecule has 1 aliphatic rings. The zero-order valence-electron chi connectivity index (χ0n) is 27.3. The number of aliphatic hydroxyl groups is 1. The van der Waals surface area contributed by atoms with E-state index in [1.165, 1.54) is 5.56 Å². The molecule has 8 heteroatoms. The Labute approximate surface area is 283 Å². The molecule has 0 aliphatic carbocycles. The van der Waals surface area contributed by atoms with Crippen LogP contribution in [0, 0.1) is 5.92 Å². The van der Waals surface area contributed by atoms with Gasteiger partial charge in [-0.3, -0.25) is 4.90 Å². The fourth-order valence-electron chi connectivity index (χ4n) is 6.23. The number of rotatable bonds is 12. The average molecular weight is 663 g/mol. The molecule has 1 aliphatic heterocycles. The van der Waals surface area contributed by atoms with Crippen LogP contribution in [0.2, 0.25) is 0 Å². The summed E-state index contributed by atoms with van der Waals surface area (Å²) in [5.41, 5.74) is 6.84. The lowest BCUT2D eigenvalue weighted by Crippen LogP contribution is -2.43. The van der Waals surface area contributed by atoms with Gasteiger partial charge in [0.15, 0.2) is 6.29 Å². The van der Waals surface area contributed by atoms with Crippen molar-refractivity contribution in [3.63, 3.8) is 0 Å². The molecule has 2 N–H and O–H groups in total. The molecule has 5 aromatic rings. The number of hydrogen-bond donors (Lipinski definition) is 2. The first kappa shape index (κ1) is 33.7. The first-order valence-corrected chi connectivity index (χ1v) is 17.7. The predicted octanol–water partition coefficient (Wildman–Crippen LogP) is 7.25. The van der Waals surface area contributed by atoms with Crippen molar-refractivity contribution in [1.29, 1.82) is 0 Å². The third kappa shape index (κ3) is 8.10. The van der Waals surface area contributed by atoms with Crippen LogP contribution in [0.1, 0.15) is 47.1 Å². The third-order valence-electron chi connectivity index (χ3n) is 8.93. The first-order chi connectivity index (χ1) is 23.3. The van der Waals surface area contributed by atoms with E-state index in [0.29, 0.717) is 0 Å². The van der Waals surface area contributed by atoms with Crippen molar-refractivity contribution < 1.29 is 23.0 Å². The lowest BCUT2D eigenvalue weighted by atomic mass is 9.90. The molecule has 7 nitrogen and oxygen atoms in total. The summed E-state index contributed by atoms with van der Waals surface area (Å²) in [7, 11) is -1.53. The van der Waals surface area contributed by atoms with Crippen molar-refractivity contribution >= 4 is 10.0 Å². The molecule has 0 bridgehead atoms. The third-order valence-corrected chi connectivity index (χ3v) is 10.3. The molecule has 4 unspecified atom stereocenters. The summed E-state index contributed by atoms with van der Waals surface area (Å²) in [5, 5.41) is 9.59. The molecular weight excluding hydrogens is 621 g/mol. The smallest absolute Gasteiger partial charge is 0.240 e. The molecule has 4 atom stereocenters. The van der Waals surface area contributed by atoms with Gasteiger partial charge in [-0.15, -0.1) is 0 Å². The van der Waals surface area contributed by atoms with Crippen LogP contribution in [0.4, 0.5) is 0 Å². The highest BCUT2D eigenvalue weighted by molar-refractivity contribution is 7.89. The fraction of sp³-hybridized carbons (Fsp3) is 0.250. The van der Waals surface area contributed by atoms with Gasteiger partial charge in [-0.2, -0.15) is 0 Å². The predicted molar refractivity (Wildman–Crippen MR) is 188 cm³/mol. The molecular formula is C40H42N2O5S. The Kier molecular flexibility index (Phi) is 10.8. The summed E-state index contributed by atoms with van der Waals surface area (Å²) in [6.45, 7) is 3.87. The lowest BCUT2D eigenvalue weighted by Gasteiger charge is -2.42. The lowest BCUT2D eigenvalue weighted by molar-refractivity contribution is -0.276. The van der Waals surface area contributed by atoms with Gasteiger partial charge in [0.2, 0.25) is 10.0 Å². The summed E-state index contributed by atoms with van der Waals surface area (Å²) in [6.07, 6.45) is -0.886. The number of hydrogen-bond acceptors (Lipinski definition) is 6. The Bertz CT molecular complexity index is 1870. The molecule has 0 aromatic heterocycles. The van der Waals surface area contributed by atoms with Crippen LogP contribution in [-0.2, 0) is 39.2 Å². The minimum Gasteiger partial charge on any atom is -0.392 e. The van der Waals surface area contributed by atoms with Crippen molar-refractivity contribution in [2.75, 3.05) is 13.6 Å². The number of likely N-dealkylation sites (N-methyl/N-ethyl adjacent to an activating group) is 1. The van der Waals surface area contributed by atoms with Gasteiger partial charge in [0, 0.05) is 31.1 Å². The van der Waals surface area contributed by atoms with E-state index in [0.717, 1.165) is 46.5 Å². The average Bonchev–Trinajstić information content (AvgIpc) is 3.13. The van der Waals surface area contributed by atoms with E-state index in [2.05, 4.69) is 47.9 Å². The van der Waals surface area contributed by atoms with E-state index in [1.54, 1.807) is 30.3 Å². The maximum atomic E-state index is 12.9. The molecule has 0 spiro atoms. The molecule has 48 heavy (non-hydrogen) atoms. The second-order valence-electron chi connectivity index (χ2n) is 12.4. The van der Waals surface area contributed by atoms with E-state index < -0.39 is 16.3 Å². The van der Waals surface area contributed by atoms with Gasteiger partial charge in [0.05, 0.1) is 23.7 Å². The summed E-state index contributed by atoms with van der Waals surface area (Å²) in [4.78, 5) is 2.53. The van der Waals surface area contributed by atoms with Crippen LogP contribution >= 0.6 is 0 Å². The Morgan fingerprint density at radius 2 is 1.35 bits per heavy atom. The standard InChI is InChI=1S/C40H42N2O5S/c1-29-38(27-42(2)26-30-11-5-3-6-12-30)46-40(47-39(29)33-19-17-31(28-43)18-20-33)34-23-21-32(22-24-34)37-16-10-9-13-35(37)25-41-48(44,45)36-14-7-4-8-15-36/h3-24,29,38-41,43H,25-28H2,1-2H3. The van der Waals surface area contributed by atoms with Crippen LogP contribution in [0.25, 0.3) is 11.1 Å². The van der Waals surface area contributed by atoms with Gasteiger partial charge >= 0.3 is 0 Å². The number of sulfonamides is 1. The van der Waals surface area contributed by atoms with Gasteiger partial charge < -0.3 is 14.6 Å². The molecule has 0 radical (unpaired) electrons. The Balaban J connectivity index is 1.22. The van der Waals surface area contributed by atoms with Gasteiger partial charge in [-0.1, -0.05) is 128 Å². The van der Waals surface area contributed by atoms with E-state index in [4.69, 9.17) is 9.47 Å². The van der Waals surface area contributed by atoms with Crippen LogP contribution in [0.5, 0.6) is 0 Å². The molecule has 1 fully saturated rings. The number of nitrogens with zero attached hydrogens (tertiary/aromatic N) is 1. The largest absolute Gasteiger partial charge is 0.392 e. The van der Waals surface area contributed by atoms with Crippen molar-refractivity contribution in [2.45, 2.75) is 50.0 Å². The summed E-state index contributed by atoms with van der Waals surface area (Å²) < 4.78 is 41.9. The van der Waals surface area contributed by atoms with Crippen LogP contribution < -0.4 is 4.72 Å². The van der Waals surface area contributed by atoms with Gasteiger partial charge in [0.25, 0.3) is 0 Å². The molecule has 1 heterocycles. The zero-order valence-corrected chi connectivity index (χ0v) is 28.1. The number of nitrogens with one attached hydrogen (secondary N) is 1. The summed E-state index contributed by atoms with van der Waals surface area (Å²) in [5.74, 6) is 0.0743. The fourth-order valence-corrected chi connectivity index (χ4v) is 7.25. The Hall–Kier alpha value is -4.15. The van der Waals surface area contributed by atoms with Crippen molar-refractivity contribution in [2.24, 2.45) is 5.92 Å². The second-order valence-corrected chi connectivity index (χ2v) is 14.2. The first-order valence-electron chi connectivity index (χ1n) is 16.3. The molecule has 0 amide bonds. The van der Waals surface area contributed by atoms with Gasteiger partial charge in [0.1, 0.15) is 0 Å². The van der Waals surface area contributed by atoms with E-state index >= 15 is 0 Å². The summed E-state index contributed by atoms with van der Waals surface area (Å²) >= 11 is 0. The quantitative estimate of drug-likeness (QED) is 0.146. The zero-order chi connectivity index (χ0) is 33.5. The highest BCUT2D eigenvalue weighted by Gasteiger charge is 2.38. The number of ether oxygens (including phenoxy) is 2. The van der Waals surface area contributed by atoms with Crippen molar-refractivity contribution in [3.8, 4) is 11.1 Å². The Morgan fingerprint density at radius 1 is 0.729 bits per heavy atom. The minimum absolute atomic E-state index is 0.00558. The second kappa shape index (κ2) is 15.4. The minimum atomic E-state index is -3.65. The molecule has 6 rings (SSSR count). The highest BCUT2D eigenvalue weighted by atomic mass is 32.2. The van der Waals surface area contributed by atoms with Gasteiger partial charge in [-0.25, -0.2) is 13.1 Å².